The number of carbonyl (C=O) groups is 1. The first kappa shape index (κ1) is 21.9. The van der Waals surface area contributed by atoms with Crippen LogP contribution >= 0.6 is 0 Å². The van der Waals surface area contributed by atoms with E-state index < -0.39 is 0 Å². The maximum Gasteiger partial charge on any atom is 0.346 e. The summed E-state index contributed by atoms with van der Waals surface area (Å²) in [5.41, 5.74) is 2.78. The summed E-state index contributed by atoms with van der Waals surface area (Å²) in [4.78, 5) is 29.8. The second-order valence-corrected chi connectivity index (χ2v) is 8.54. The molecule has 0 N–H and O–H groups in total. The highest BCUT2D eigenvalue weighted by Gasteiger charge is 2.28. The Balaban J connectivity index is 1.45. The summed E-state index contributed by atoms with van der Waals surface area (Å²) in [6.07, 6.45) is 1.62. The van der Waals surface area contributed by atoms with E-state index in [1.165, 1.54) is 0 Å². The molecule has 0 saturated carbocycles. The minimum atomic E-state index is -0.0640. The number of benzene rings is 2. The van der Waals surface area contributed by atoms with Gasteiger partial charge in [-0.15, -0.1) is 0 Å². The van der Waals surface area contributed by atoms with E-state index in [-0.39, 0.29) is 17.5 Å². The molecule has 1 fully saturated rings. The number of hydrogen-bond donors (Lipinski definition) is 0. The monoisotopic (exact) mass is 433 g/mol. The minimum absolute atomic E-state index is 0.0640. The second-order valence-electron chi connectivity index (χ2n) is 8.54. The van der Waals surface area contributed by atoms with Crippen LogP contribution in [0.3, 0.4) is 0 Å². The molecule has 168 valence electrons. The highest BCUT2D eigenvalue weighted by molar-refractivity contribution is 5.94. The Labute approximate surface area is 188 Å². The molecule has 0 spiro atoms. The lowest BCUT2D eigenvalue weighted by Crippen LogP contribution is -2.38. The van der Waals surface area contributed by atoms with E-state index in [9.17, 15) is 9.59 Å². The lowest BCUT2D eigenvalue weighted by Gasteiger charge is -2.31. The van der Waals surface area contributed by atoms with E-state index in [4.69, 9.17) is 5.10 Å². The van der Waals surface area contributed by atoms with Crippen LogP contribution in [-0.4, -0.2) is 52.3 Å². The van der Waals surface area contributed by atoms with Crippen LogP contribution in [0, 0.1) is 0 Å². The zero-order valence-corrected chi connectivity index (χ0v) is 19.1. The van der Waals surface area contributed by atoms with Gasteiger partial charge in [-0.25, -0.2) is 9.48 Å². The molecule has 7 nitrogen and oxygen atoms in total. The molecule has 1 amide bonds. The maximum atomic E-state index is 12.9. The van der Waals surface area contributed by atoms with Crippen molar-refractivity contribution in [1.29, 1.82) is 0 Å². The zero-order chi connectivity index (χ0) is 22.7. The third kappa shape index (κ3) is 4.47. The quantitative estimate of drug-likeness (QED) is 0.599. The van der Waals surface area contributed by atoms with Crippen molar-refractivity contribution in [2.45, 2.75) is 38.8 Å². The van der Waals surface area contributed by atoms with Crippen LogP contribution in [-0.2, 0) is 13.1 Å². The minimum Gasteiger partial charge on any atom is -0.378 e. The van der Waals surface area contributed by atoms with Crippen molar-refractivity contribution in [2.75, 3.05) is 32.1 Å². The molecule has 3 aromatic rings. The number of carbonyl (C=O) groups excluding carboxylic acids is 1. The number of anilines is 1. The van der Waals surface area contributed by atoms with Crippen LogP contribution in [0.5, 0.6) is 0 Å². The van der Waals surface area contributed by atoms with Gasteiger partial charge in [0.15, 0.2) is 0 Å². The highest BCUT2D eigenvalue weighted by atomic mass is 16.2. The van der Waals surface area contributed by atoms with Crippen molar-refractivity contribution in [3.8, 4) is 0 Å². The van der Waals surface area contributed by atoms with E-state index >= 15 is 0 Å². The van der Waals surface area contributed by atoms with Gasteiger partial charge in [-0.1, -0.05) is 30.3 Å². The van der Waals surface area contributed by atoms with E-state index in [0.717, 1.165) is 29.9 Å². The summed E-state index contributed by atoms with van der Waals surface area (Å²) < 4.78 is 3.35. The van der Waals surface area contributed by atoms with Gasteiger partial charge in [-0.2, -0.15) is 5.10 Å². The van der Waals surface area contributed by atoms with E-state index in [1.807, 2.05) is 85.4 Å². The van der Waals surface area contributed by atoms with Gasteiger partial charge < -0.3 is 9.80 Å². The number of hydrogen-bond acceptors (Lipinski definition) is 4. The standard InChI is InChI=1S/C25H31N5O2/c1-4-29-23(26-30(25(29)32)18-19-8-6-5-7-9-19)20-14-16-28(17-15-20)24(31)21-10-12-22(13-11-21)27(2)3/h5-13,20H,4,14-18H2,1-3H3. The number of piperidine rings is 1. The molecule has 1 aliphatic rings. The smallest absolute Gasteiger partial charge is 0.346 e. The normalized spacial score (nSPS) is 14.5. The molecule has 0 aliphatic carbocycles. The summed E-state index contributed by atoms with van der Waals surface area (Å²) >= 11 is 0. The Hall–Kier alpha value is -3.35. The van der Waals surface area contributed by atoms with Crippen LogP contribution in [0.1, 0.15) is 47.4 Å². The summed E-state index contributed by atoms with van der Waals surface area (Å²) in [6.45, 7) is 4.39. The molecule has 1 aliphatic heterocycles. The first-order chi connectivity index (χ1) is 15.5. The molecule has 7 heteroatoms. The van der Waals surface area contributed by atoms with Crippen LogP contribution in [0.15, 0.2) is 59.4 Å². The Bertz CT molecular complexity index is 1110. The fourth-order valence-electron chi connectivity index (χ4n) is 4.34. The van der Waals surface area contributed by atoms with E-state index in [2.05, 4.69) is 0 Å². The van der Waals surface area contributed by atoms with Crippen LogP contribution in [0.25, 0.3) is 0 Å². The van der Waals surface area contributed by atoms with Crippen LogP contribution < -0.4 is 10.6 Å². The summed E-state index contributed by atoms with van der Waals surface area (Å²) in [5, 5.41) is 4.71. The largest absolute Gasteiger partial charge is 0.378 e. The first-order valence-corrected chi connectivity index (χ1v) is 11.3. The molecule has 0 unspecified atom stereocenters. The Morgan fingerprint density at radius 2 is 1.69 bits per heavy atom. The Morgan fingerprint density at radius 1 is 1.03 bits per heavy atom. The van der Waals surface area contributed by atoms with Crippen LogP contribution in [0.2, 0.25) is 0 Å². The van der Waals surface area contributed by atoms with Crippen LogP contribution in [0.4, 0.5) is 5.69 Å². The molecule has 2 heterocycles. The molecule has 0 atom stereocenters. The molecule has 32 heavy (non-hydrogen) atoms. The average molecular weight is 434 g/mol. The van der Waals surface area contributed by atoms with Crippen molar-refractivity contribution >= 4 is 11.6 Å². The van der Waals surface area contributed by atoms with E-state index in [1.54, 1.807) is 9.25 Å². The second kappa shape index (κ2) is 9.42. The number of likely N-dealkylation sites (tertiary alicyclic amines) is 1. The third-order valence-electron chi connectivity index (χ3n) is 6.22. The van der Waals surface area contributed by atoms with Gasteiger partial charge in [0.1, 0.15) is 5.82 Å². The molecule has 1 aromatic heterocycles. The maximum absolute atomic E-state index is 12.9. The fourth-order valence-corrected chi connectivity index (χ4v) is 4.34. The van der Waals surface area contributed by atoms with Gasteiger partial charge >= 0.3 is 5.69 Å². The predicted molar refractivity (Wildman–Crippen MR) is 126 cm³/mol. The molecule has 2 aromatic carbocycles. The summed E-state index contributed by atoms with van der Waals surface area (Å²) in [5.74, 6) is 1.09. The summed E-state index contributed by atoms with van der Waals surface area (Å²) in [7, 11) is 3.97. The summed E-state index contributed by atoms with van der Waals surface area (Å²) in [6, 6.07) is 17.6. The zero-order valence-electron chi connectivity index (χ0n) is 19.1. The average Bonchev–Trinajstić information content (AvgIpc) is 3.14. The number of nitrogens with zero attached hydrogens (tertiary/aromatic N) is 5. The van der Waals surface area contributed by atoms with Crippen molar-refractivity contribution in [3.63, 3.8) is 0 Å². The lowest BCUT2D eigenvalue weighted by molar-refractivity contribution is 0.0710. The SMILES string of the molecule is CCn1c(C2CCN(C(=O)c3ccc(N(C)C)cc3)CC2)nn(Cc2ccccc2)c1=O. The molecule has 0 bridgehead atoms. The van der Waals surface area contributed by atoms with E-state index in [0.29, 0.717) is 31.7 Å². The molecule has 1 saturated heterocycles. The van der Waals surface area contributed by atoms with Crippen molar-refractivity contribution in [2.24, 2.45) is 0 Å². The number of amides is 1. The first-order valence-electron chi connectivity index (χ1n) is 11.3. The lowest BCUT2D eigenvalue weighted by atomic mass is 9.95. The molecule has 0 radical (unpaired) electrons. The van der Waals surface area contributed by atoms with Gasteiger partial charge in [0.05, 0.1) is 6.54 Å². The molecular formula is C25H31N5O2. The van der Waals surface area contributed by atoms with Gasteiger partial charge in [0, 0.05) is 50.9 Å². The van der Waals surface area contributed by atoms with Gasteiger partial charge in [0.25, 0.3) is 5.91 Å². The Kier molecular flexibility index (Phi) is 6.44. The topological polar surface area (TPSA) is 63.4 Å². The van der Waals surface area contributed by atoms with Gasteiger partial charge in [-0.05, 0) is 49.6 Å². The molecule has 4 rings (SSSR count). The fraction of sp³-hybridized carbons (Fsp3) is 0.400. The van der Waals surface area contributed by atoms with Crippen molar-refractivity contribution < 1.29 is 4.79 Å². The van der Waals surface area contributed by atoms with Crippen molar-refractivity contribution in [1.82, 2.24) is 19.2 Å². The van der Waals surface area contributed by atoms with Gasteiger partial charge in [0.2, 0.25) is 0 Å². The van der Waals surface area contributed by atoms with Gasteiger partial charge in [-0.3, -0.25) is 9.36 Å². The molecular weight excluding hydrogens is 402 g/mol. The number of rotatable bonds is 6. The predicted octanol–water partition coefficient (Wildman–Crippen LogP) is 3.20. The Morgan fingerprint density at radius 3 is 2.28 bits per heavy atom. The third-order valence-corrected chi connectivity index (χ3v) is 6.22. The van der Waals surface area contributed by atoms with Crippen molar-refractivity contribution in [3.05, 3.63) is 82.0 Å². The number of aromatic nitrogens is 3. The highest BCUT2D eigenvalue weighted by Crippen LogP contribution is 2.27.